The van der Waals surface area contributed by atoms with Gasteiger partial charge in [-0.15, -0.1) is 0 Å². The second-order valence-corrected chi connectivity index (χ2v) is 7.54. The van der Waals surface area contributed by atoms with Crippen LogP contribution in [0.25, 0.3) is 0 Å². The van der Waals surface area contributed by atoms with Crippen molar-refractivity contribution in [3.63, 3.8) is 0 Å². The summed E-state index contributed by atoms with van der Waals surface area (Å²) in [7, 11) is 1.68. The van der Waals surface area contributed by atoms with Crippen LogP contribution in [-0.2, 0) is 11.3 Å². The fourth-order valence-corrected chi connectivity index (χ4v) is 3.53. The number of piperidine rings is 1. The van der Waals surface area contributed by atoms with E-state index in [1.807, 2.05) is 12.1 Å². The first kappa shape index (κ1) is 22.5. The number of guanidine groups is 1. The fraction of sp³-hybridized carbons (Fsp3) is 0.435. The fourth-order valence-electron chi connectivity index (χ4n) is 3.53. The number of carbonyl (C=O) groups is 1. The summed E-state index contributed by atoms with van der Waals surface area (Å²) >= 11 is 0. The van der Waals surface area contributed by atoms with Crippen molar-refractivity contribution in [2.45, 2.75) is 32.7 Å². The van der Waals surface area contributed by atoms with E-state index in [1.165, 1.54) is 12.1 Å². The van der Waals surface area contributed by atoms with Gasteiger partial charge in [-0.05, 0) is 61.6 Å². The van der Waals surface area contributed by atoms with E-state index >= 15 is 0 Å². The molecule has 0 aliphatic carbocycles. The van der Waals surface area contributed by atoms with Crippen LogP contribution >= 0.6 is 0 Å². The van der Waals surface area contributed by atoms with Crippen molar-refractivity contribution < 1.29 is 13.9 Å². The number of aromatic nitrogens is 1. The molecule has 1 saturated heterocycles. The number of hydrogen-bond donors (Lipinski definition) is 2. The summed E-state index contributed by atoms with van der Waals surface area (Å²) in [5.74, 6) is 2.07. The molecule has 2 N–H and O–H groups in total. The summed E-state index contributed by atoms with van der Waals surface area (Å²) in [6.45, 7) is 5.08. The normalized spacial score (nSPS) is 14.9. The van der Waals surface area contributed by atoms with Crippen molar-refractivity contribution in [3.8, 4) is 11.6 Å². The molecule has 1 fully saturated rings. The molecule has 166 valence electrons. The second kappa shape index (κ2) is 11.3. The highest BCUT2D eigenvalue weighted by atomic mass is 19.1. The standard InChI is InChI=1S/C23H30FN5O2/c1-3-26-23(29-12-9-17(10-13-29)14-21(30)25-2)28-16-18-8-11-27-22(15-18)31-20-6-4-19(24)5-7-20/h4-8,11,15,17H,3,9-10,12-14,16H2,1-2H3,(H,25,30)(H,26,28). The number of hydrogen-bond acceptors (Lipinski definition) is 4. The van der Waals surface area contributed by atoms with Gasteiger partial charge in [-0.25, -0.2) is 14.4 Å². The summed E-state index contributed by atoms with van der Waals surface area (Å²) < 4.78 is 18.8. The van der Waals surface area contributed by atoms with Gasteiger partial charge in [0.05, 0.1) is 6.54 Å². The Morgan fingerprint density at radius 3 is 2.68 bits per heavy atom. The van der Waals surface area contributed by atoms with Crippen LogP contribution < -0.4 is 15.4 Å². The average molecular weight is 428 g/mol. The van der Waals surface area contributed by atoms with Crippen LogP contribution in [0.15, 0.2) is 47.6 Å². The molecule has 31 heavy (non-hydrogen) atoms. The SMILES string of the molecule is CCNC(=NCc1ccnc(Oc2ccc(F)cc2)c1)N1CCC(CC(=O)NC)CC1. The van der Waals surface area contributed by atoms with Crippen molar-refractivity contribution in [1.29, 1.82) is 0 Å². The highest BCUT2D eigenvalue weighted by Gasteiger charge is 2.23. The van der Waals surface area contributed by atoms with Crippen LogP contribution in [0.5, 0.6) is 11.6 Å². The van der Waals surface area contributed by atoms with E-state index < -0.39 is 0 Å². The average Bonchev–Trinajstić information content (AvgIpc) is 2.79. The summed E-state index contributed by atoms with van der Waals surface area (Å²) in [6, 6.07) is 9.58. The van der Waals surface area contributed by atoms with Crippen molar-refractivity contribution >= 4 is 11.9 Å². The molecule has 1 amide bonds. The largest absolute Gasteiger partial charge is 0.439 e. The zero-order chi connectivity index (χ0) is 22.1. The lowest BCUT2D eigenvalue weighted by Crippen LogP contribution is -2.46. The Labute approximate surface area is 182 Å². The third-order valence-electron chi connectivity index (χ3n) is 5.25. The maximum absolute atomic E-state index is 13.1. The van der Waals surface area contributed by atoms with Crippen LogP contribution in [0.1, 0.15) is 31.7 Å². The van der Waals surface area contributed by atoms with E-state index in [1.54, 1.807) is 25.4 Å². The number of likely N-dealkylation sites (tertiary alicyclic amines) is 1. The number of ether oxygens (including phenoxy) is 1. The topological polar surface area (TPSA) is 78.9 Å². The molecule has 7 nitrogen and oxygen atoms in total. The van der Waals surface area contributed by atoms with E-state index in [-0.39, 0.29) is 11.7 Å². The maximum Gasteiger partial charge on any atom is 0.220 e. The lowest BCUT2D eigenvalue weighted by Gasteiger charge is -2.34. The van der Waals surface area contributed by atoms with Crippen LogP contribution in [0.3, 0.4) is 0 Å². The molecule has 1 aliphatic rings. The number of nitrogens with one attached hydrogen (secondary N) is 2. The molecule has 1 aromatic heterocycles. The minimum Gasteiger partial charge on any atom is -0.439 e. The van der Waals surface area contributed by atoms with Crippen LogP contribution in [0.4, 0.5) is 4.39 Å². The van der Waals surface area contributed by atoms with Crippen molar-refractivity contribution in [2.75, 3.05) is 26.7 Å². The molecule has 0 bridgehead atoms. The predicted octanol–water partition coefficient (Wildman–Crippen LogP) is 3.33. The lowest BCUT2D eigenvalue weighted by atomic mass is 9.93. The third kappa shape index (κ3) is 6.94. The molecule has 1 aliphatic heterocycles. The number of carbonyl (C=O) groups excluding carboxylic acids is 1. The number of rotatable bonds is 7. The van der Waals surface area contributed by atoms with Gasteiger partial charge in [-0.1, -0.05) is 0 Å². The lowest BCUT2D eigenvalue weighted by molar-refractivity contribution is -0.121. The molecule has 8 heteroatoms. The molecule has 3 rings (SSSR count). The number of aliphatic imine (C=N–C) groups is 1. The molecule has 2 aromatic rings. The summed E-state index contributed by atoms with van der Waals surface area (Å²) in [5, 5.41) is 6.07. The van der Waals surface area contributed by atoms with Crippen molar-refractivity contribution in [3.05, 3.63) is 54.0 Å². The Kier molecular flexibility index (Phi) is 8.20. The minimum atomic E-state index is -0.308. The van der Waals surface area contributed by atoms with Gasteiger partial charge in [0.25, 0.3) is 0 Å². The molecule has 0 saturated carbocycles. The van der Waals surface area contributed by atoms with Gasteiger partial charge >= 0.3 is 0 Å². The minimum absolute atomic E-state index is 0.107. The monoisotopic (exact) mass is 427 g/mol. The zero-order valence-corrected chi connectivity index (χ0v) is 18.1. The first-order valence-electron chi connectivity index (χ1n) is 10.7. The number of benzene rings is 1. The van der Waals surface area contributed by atoms with Crippen LogP contribution in [0.2, 0.25) is 0 Å². The maximum atomic E-state index is 13.1. The van der Waals surface area contributed by atoms with Gasteiger partial charge in [-0.3, -0.25) is 4.79 Å². The molecule has 0 unspecified atom stereocenters. The van der Waals surface area contributed by atoms with Gasteiger partial charge in [0.15, 0.2) is 5.96 Å². The highest BCUT2D eigenvalue weighted by Crippen LogP contribution is 2.22. The number of pyridine rings is 1. The Bertz CT molecular complexity index is 880. The number of amides is 1. The van der Waals surface area contributed by atoms with Crippen LogP contribution in [-0.4, -0.2) is 48.4 Å². The zero-order valence-electron chi connectivity index (χ0n) is 18.1. The Morgan fingerprint density at radius 1 is 1.26 bits per heavy atom. The first-order valence-corrected chi connectivity index (χ1v) is 10.7. The van der Waals surface area contributed by atoms with Gasteiger partial charge in [-0.2, -0.15) is 0 Å². The smallest absolute Gasteiger partial charge is 0.220 e. The van der Waals surface area contributed by atoms with Gasteiger partial charge in [0.1, 0.15) is 11.6 Å². The van der Waals surface area contributed by atoms with E-state index in [0.717, 1.165) is 44.0 Å². The van der Waals surface area contributed by atoms with E-state index in [9.17, 15) is 9.18 Å². The van der Waals surface area contributed by atoms with E-state index in [0.29, 0.717) is 30.5 Å². The third-order valence-corrected chi connectivity index (χ3v) is 5.25. The molecule has 1 aromatic carbocycles. The van der Waals surface area contributed by atoms with Crippen molar-refractivity contribution in [2.24, 2.45) is 10.9 Å². The summed E-state index contributed by atoms with van der Waals surface area (Å²) in [5.41, 5.74) is 0.969. The highest BCUT2D eigenvalue weighted by molar-refractivity contribution is 5.80. The molecular formula is C23H30FN5O2. The van der Waals surface area contributed by atoms with Crippen molar-refractivity contribution in [1.82, 2.24) is 20.5 Å². The molecule has 2 heterocycles. The molecule has 0 atom stereocenters. The van der Waals surface area contributed by atoms with E-state index in [4.69, 9.17) is 9.73 Å². The number of nitrogens with zero attached hydrogens (tertiary/aromatic N) is 3. The van der Waals surface area contributed by atoms with Crippen LogP contribution in [0, 0.1) is 11.7 Å². The molecule has 0 spiro atoms. The second-order valence-electron chi connectivity index (χ2n) is 7.54. The van der Waals surface area contributed by atoms with Gasteiger partial charge < -0.3 is 20.3 Å². The Balaban J connectivity index is 1.60. The summed E-state index contributed by atoms with van der Waals surface area (Å²) in [6.07, 6.45) is 4.22. The Morgan fingerprint density at radius 2 is 2.00 bits per heavy atom. The van der Waals surface area contributed by atoms with Gasteiger partial charge in [0.2, 0.25) is 11.8 Å². The number of halogens is 1. The van der Waals surface area contributed by atoms with Gasteiger partial charge in [0, 0.05) is 45.4 Å². The van der Waals surface area contributed by atoms with E-state index in [2.05, 4.69) is 27.4 Å². The quantitative estimate of drug-likeness (QED) is 0.524. The molecular weight excluding hydrogens is 397 g/mol. The first-order chi connectivity index (χ1) is 15.1. The summed E-state index contributed by atoms with van der Waals surface area (Å²) in [4.78, 5) is 22.9. The predicted molar refractivity (Wildman–Crippen MR) is 119 cm³/mol. The Hall–Kier alpha value is -3.16. The molecule has 0 radical (unpaired) electrons.